The third kappa shape index (κ3) is 5.87. The minimum Gasteiger partial charge on any atom is -0.356 e. The first-order valence-electron chi connectivity index (χ1n) is 8.89. The Kier molecular flexibility index (Phi) is 6.90. The van der Waals surface area contributed by atoms with E-state index in [1.807, 2.05) is 7.05 Å². The summed E-state index contributed by atoms with van der Waals surface area (Å²) in [4.78, 5) is 6.88. The Morgan fingerprint density at radius 1 is 1.35 bits per heavy atom. The molecule has 1 aromatic rings. The highest BCUT2D eigenvalue weighted by molar-refractivity contribution is 5.79. The van der Waals surface area contributed by atoms with Crippen molar-refractivity contribution in [3.63, 3.8) is 0 Å². The third-order valence-corrected chi connectivity index (χ3v) is 4.57. The molecule has 1 aliphatic carbocycles. The molecule has 0 aromatic heterocycles. The number of guanidine groups is 1. The van der Waals surface area contributed by atoms with Crippen molar-refractivity contribution >= 4 is 5.96 Å². The van der Waals surface area contributed by atoms with Crippen molar-refractivity contribution in [1.82, 2.24) is 15.5 Å². The van der Waals surface area contributed by atoms with Crippen LogP contribution in [0.3, 0.4) is 0 Å². The van der Waals surface area contributed by atoms with Crippen LogP contribution in [0.2, 0.25) is 0 Å². The Hall–Kier alpha value is -1.55. The van der Waals surface area contributed by atoms with E-state index in [9.17, 15) is 0 Å². The smallest absolute Gasteiger partial charge is 0.191 e. The Morgan fingerprint density at radius 2 is 2.13 bits per heavy atom. The van der Waals surface area contributed by atoms with E-state index in [1.54, 1.807) is 0 Å². The molecule has 0 heterocycles. The van der Waals surface area contributed by atoms with Crippen LogP contribution in [0.5, 0.6) is 0 Å². The quantitative estimate of drug-likeness (QED) is 0.572. The van der Waals surface area contributed by atoms with Crippen LogP contribution in [0.1, 0.15) is 43.7 Å². The summed E-state index contributed by atoms with van der Waals surface area (Å²) in [5.74, 6) is 1.36. The van der Waals surface area contributed by atoms with Crippen LogP contribution in [0.15, 0.2) is 29.3 Å². The Morgan fingerprint density at radius 3 is 2.74 bits per heavy atom. The molecule has 128 valence electrons. The summed E-state index contributed by atoms with van der Waals surface area (Å²) in [6, 6.07) is 9.56. The molecule has 1 saturated carbocycles. The highest BCUT2D eigenvalue weighted by Crippen LogP contribution is 2.25. The van der Waals surface area contributed by atoms with Crippen LogP contribution < -0.4 is 10.6 Å². The summed E-state index contributed by atoms with van der Waals surface area (Å²) < 4.78 is 0. The molecular formula is C19H32N4. The molecule has 0 bridgehead atoms. The molecule has 2 N–H and O–H groups in total. The van der Waals surface area contributed by atoms with Gasteiger partial charge in [0.15, 0.2) is 5.96 Å². The van der Waals surface area contributed by atoms with Crippen molar-refractivity contribution < 1.29 is 0 Å². The second-order valence-corrected chi connectivity index (χ2v) is 6.55. The maximum Gasteiger partial charge on any atom is 0.191 e. The van der Waals surface area contributed by atoms with E-state index in [-0.39, 0.29) is 0 Å². The first kappa shape index (κ1) is 17.8. The standard InChI is InChI=1S/C19H32N4/c1-5-23(18-9-10-18)12-11-21-19(20-4)22-14-16(3)17-8-6-7-15(2)13-17/h6-8,13,16,18H,5,9-12,14H2,1-4H3,(H2,20,21,22). The predicted molar refractivity (Wildman–Crippen MR) is 99.2 cm³/mol. The van der Waals surface area contributed by atoms with Crippen molar-refractivity contribution in [2.45, 2.75) is 45.6 Å². The molecule has 1 atom stereocenters. The van der Waals surface area contributed by atoms with E-state index in [1.165, 1.54) is 24.0 Å². The molecule has 0 radical (unpaired) electrons. The Balaban J connectivity index is 1.72. The van der Waals surface area contributed by atoms with Crippen LogP contribution in [-0.2, 0) is 0 Å². The maximum absolute atomic E-state index is 4.33. The van der Waals surface area contributed by atoms with E-state index >= 15 is 0 Å². The summed E-state index contributed by atoms with van der Waals surface area (Å²) in [6.07, 6.45) is 2.74. The molecule has 1 unspecified atom stereocenters. The lowest BCUT2D eigenvalue weighted by molar-refractivity contribution is 0.282. The fraction of sp³-hybridized carbons (Fsp3) is 0.632. The number of aryl methyl sites for hydroxylation is 1. The topological polar surface area (TPSA) is 39.7 Å². The number of nitrogens with zero attached hydrogens (tertiary/aromatic N) is 2. The molecule has 1 aliphatic rings. The average molecular weight is 316 g/mol. The van der Waals surface area contributed by atoms with Gasteiger partial charge in [-0.15, -0.1) is 0 Å². The van der Waals surface area contributed by atoms with Crippen molar-refractivity contribution in [3.05, 3.63) is 35.4 Å². The minimum atomic E-state index is 0.465. The molecule has 1 fully saturated rings. The van der Waals surface area contributed by atoms with E-state index in [0.717, 1.165) is 38.2 Å². The lowest BCUT2D eigenvalue weighted by atomic mass is 9.99. The van der Waals surface area contributed by atoms with Crippen molar-refractivity contribution in [2.24, 2.45) is 4.99 Å². The zero-order chi connectivity index (χ0) is 16.7. The second-order valence-electron chi connectivity index (χ2n) is 6.55. The van der Waals surface area contributed by atoms with Gasteiger partial charge in [-0.05, 0) is 37.8 Å². The summed E-state index contributed by atoms with van der Waals surface area (Å²) in [7, 11) is 1.84. The molecule has 4 heteroatoms. The zero-order valence-electron chi connectivity index (χ0n) is 15.1. The third-order valence-electron chi connectivity index (χ3n) is 4.57. The fourth-order valence-electron chi connectivity index (χ4n) is 2.92. The van der Waals surface area contributed by atoms with Crippen molar-refractivity contribution in [2.75, 3.05) is 33.2 Å². The van der Waals surface area contributed by atoms with Crippen LogP contribution in [0.4, 0.5) is 0 Å². The fourth-order valence-corrected chi connectivity index (χ4v) is 2.92. The van der Waals surface area contributed by atoms with Crippen molar-refractivity contribution in [1.29, 1.82) is 0 Å². The summed E-state index contributed by atoms with van der Waals surface area (Å²) >= 11 is 0. The molecule has 2 rings (SSSR count). The number of hydrogen-bond donors (Lipinski definition) is 2. The zero-order valence-corrected chi connectivity index (χ0v) is 15.1. The molecule has 0 aliphatic heterocycles. The van der Waals surface area contributed by atoms with Gasteiger partial charge in [0.05, 0.1) is 0 Å². The van der Waals surface area contributed by atoms with Crippen molar-refractivity contribution in [3.8, 4) is 0 Å². The molecule has 1 aromatic carbocycles. The summed E-state index contributed by atoms with van der Waals surface area (Å²) in [5.41, 5.74) is 2.69. The molecule has 0 amide bonds. The van der Waals surface area contributed by atoms with Crippen LogP contribution in [0, 0.1) is 6.92 Å². The van der Waals surface area contributed by atoms with E-state index in [4.69, 9.17) is 0 Å². The van der Waals surface area contributed by atoms with Gasteiger partial charge in [-0.25, -0.2) is 0 Å². The van der Waals surface area contributed by atoms with E-state index in [0.29, 0.717) is 5.92 Å². The van der Waals surface area contributed by atoms with E-state index < -0.39 is 0 Å². The molecule has 0 spiro atoms. The number of benzene rings is 1. The van der Waals surface area contributed by atoms with Gasteiger partial charge in [-0.2, -0.15) is 0 Å². The summed E-state index contributed by atoms with van der Waals surface area (Å²) in [5, 5.41) is 6.88. The normalized spacial score (nSPS) is 16.5. The second kappa shape index (κ2) is 8.92. The lowest BCUT2D eigenvalue weighted by Gasteiger charge is -2.21. The average Bonchev–Trinajstić information content (AvgIpc) is 3.39. The largest absolute Gasteiger partial charge is 0.356 e. The minimum absolute atomic E-state index is 0.465. The molecule has 4 nitrogen and oxygen atoms in total. The van der Waals surface area contributed by atoms with Gasteiger partial charge >= 0.3 is 0 Å². The van der Waals surface area contributed by atoms with E-state index in [2.05, 4.69) is 65.6 Å². The highest BCUT2D eigenvalue weighted by atomic mass is 15.2. The first-order valence-corrected chi connectivity index (χ1v) is 8.89. The summed E-state index contributed by atoms with van der Waals surface area (Å²) in [6.45, 7) is 10.7. The Bertz CT molecular complexity index is 508. The van der Waals surface area contributed by atoms with Gasteiger partial charge in [0, 0.05) is 32.7 Å². The van der Waals surface area contributed by atoms with Gasteiger partial charge in [-0.1, -0.05) is 43.7 Å². The van der Waals surface area contributed by atoms with Gasteiger partial charge < -0.3 is 10.6 Å². The number of rotatable bonds is 8. The number of nitrogens with one attached hydrogen (secondary N) is 2. The SMILES string of the molecule is CCN(CCNC(=NC)NCC(C)c1cccc(C)c1)C1CC1. The first-order chi connectivity index (χ1) is 11.1. The highest BCUT2D eigenvalue weighted by Gasteiger charge is 2.27. The van der Waals surface area contributed by atoms with Gasteiger partial charge in [-0.3, -0.25) is 9.89 Å². The molecule has 0 saturated heterocycles. The Labute approximate surface area is 141 Å². The maximum atomic E-state index is 4.33. The number of hydrogen-bond acceptors (Lipinski definition) is 2. The van der Waals surface area contributed by atoms with Crippen LogP contribution >= 0.6 is 0 Å². The molecular weight excluding hydrogens is 284 g/mol. The monoisotopic (exact) mass is 316 g/mol. The predicted octanol–water partition coefficient (Wildman–Crippen LogP) is 2.75. The lowest BCUT2D eigenvalue weighted by Crippen LogP contribution is -2.43. The van der Waals surface area contributed by atoms with Crippen LogP contribution in [0.25, 0.3) is 0 Å². The van der Waals surface area contributed by atoms with Gasteiger partial charge in [0.1, 0.15) is 0 Å². The van der Waals surface area contributed by atoms with Crippen LogP contribution in [-0.4, -0.2) is 50.1 Å². The number of aliphatic imine (C=N–C) groups is 1. The number of likely N-dealkylation sites (N-methyl/N-ethyl adjacent to an activating group) is 1. The van der Waals surface area contributed by atoms with Gasteiger partial charge in [0.2, 0.25) is 0 Å². The molecule has 23 heavy (non-hydrogen) atoms. The van der Waals surface area contributed by atoms with Gasteiger partial charge in [0.25, 0.3) is 0 Å².